The zero-order chi connectivity index (χ0) is 10.4. The van der Waals surface area contributed by atoms with Crippen molar-refractivity contribution in [3.05, 3.63) is 24.0 Å². The molecule has 0 spiro atoms. The summed E-state index contributed by atoms with van der Waals surface area (Å²) in [5.74, 6) is 0.0456. The lowest BCUT2D eigenvalue weighted by Crippen LogP contribution is -2.20. The predicted octanol–water partition coefficient (Wildman–Crippen LogP) is 0.938. The molecule has 0 aliphatic rings. The Balaban J connectivity index is 2.39. The highest BCUT2D eigenvalue weighted by molar-refractivity contribution is 5.76. The lowest BCUT2D eigenvalue weighted by Gasteiger charge is -2.07. The van der Waals surface area contributed by atoms with Gasteiger partial charge in [-0.1, -0.05) is 0 Å². The van der Waals surface area contributed by atoms with E-state index in [1.165, 1.54) is 0 Å². The minimum Gasteiger partial charge on any atom is -0.384 e. The van der Waals surface area contributed by atoms with Crippen molar-refractivity contribution in [3.8, 4) is 0 Å². The number of nitrogens with one attached hydrogen (secondary N) is 2. The molecule has 0 aliphatic heterocycles. The number of pyridine rings is 1. The summed E-state index contributed by atoms with van der Waals surface area (Å²) >= 11 is 0. The quantitative estimate of drug-likeness (QED) is 0.748. The minimum atomic E-state index is 0.0456. The molecule has 0 saturated carbocycles. The van der Waals surface area contributed by atoms with Gasteiger partial charge in [-0.15, -0.1) is 0 Å². The van der Waals surface area contributed by atoms with E-state index < -0.39 is 0 Å². The van der Waals surface area contributed by atoms with Gasteiger partial charge in [-0.2, -0.15) is 0 Å². The van der Waals surface area contributed by atoms with E-state index in [2.05, 4.69) is 15.6 Å². The molecule has 2 N–H and O–H groups in total. The van der Waals surface area contributed by atoms with E-state index in [9.17, 15) is 4.79 Å². The highest BCUT2D eigenvalue weighted by atomic mass is 16.1. The Morgan fingerprint density at radius 1 is 1.57 bits per heavy atom. The van der Waals surface area contributed by atoms with E-state index in [1.54, 1.807) is 19.4 Å². The number of anilines is 1. The second kappa shape index (κ2) is 5.21. The normalized spacial score (nSPS) is 9.57. The Morgan fingerprint density at radius 3 is 3.00 bits per heavy atom. The van der Waals surface area contributed by atoms with Gasteiger partial charge in [0, 0.05) is 38.1 Å². The highest BCUT2D eigenvalue weighted by Crippen LogP contribution is 2.10. The van der Waals surface area contributed by atoms with Crippen LogP contribution in [0.4, 0.5) is 5.69 Å². The standard InChI is InChI=1S/C10H15N3O/c1-8-7-12-5-3-9(8)13-6-4-10(14)11-2/h3,5,7H,4,6H2,1-2H3,(H,11,14)(H,12,13). The second-order valence-corrected chi connectivity index (χ2v) is 3.04. The molecule has 14 heavy (non-hydrogen) atoms. The Hall–Kier alpha value is -1.58. The third kappa shape index (κ3) is 3.05. The summed E-state index contributed by atoms with van der Waals surface area (Å²) in [6.45, 7) is 2.62. The lowest BCUT2D eigenvalue weighted by molar-refractivity contribution is -0.120. The summed E-state index contributed by atoms with van der Waals surface area (Å²) in [5, 5.41) is 5.75. The molecule has 0 atom stereocenters. The number of nitrogens with zero attached hydrogens (tertiary/aromatic N) is 1. The third-order valence-electron chi connectivity index (χ3n) is 1.97. The summed E-state index contributed by atoms with van der Waals surface area (Å²) in [6.07, 6.45) is 4.01. The van der Waals surface area contributed by atoms with Gasteiger partial charge >= 0.3 is 0 Å². The topological polar surface area (TPSA) is 54.0 Å². The van der Waals surface area contributed by atoms with Gasteiger partial charge in [0.05, 0.1) is 0 Å². The van der Waals surface area contributed by atoms with Crippen LogP contribution < -0.4 is 10.6 Å². The van der Waals surface area contributed by atoms with Gasteiger partial charge in [0.15, 0.2) is 0 Å². The highest BCUT2D eigenvalue weighted by Gasteiger charge is 1.99. The molecule has 1 amide bonds. The van der Waals surface area contributed by atoms with Crippen molar-refractivity contribution in [1.29, 1.82) is 0 Å². The maximum absolute atomic E-state index is 10.9. The molecule has 0 aliphatic carbocycles. The lowest BCUT2D eigenvalue weighted by atomic mass is 10.2. The molecule has 1 heterocycles. The van der Waals surface area contributed by atoms with Crippen LogP contribution >= 0.6 is 0 Å². The Labute approximate surface area is 83.7 Å². The molecular formula is C10H15N3O. The fourth-order valence-corrected chi connectivity index (χ4v) is 1.11. The number of aryl methyl sites for hydroxylation is 1. The number of rotatable bonds is 4. The SMILES string of the molecule is CNC(=O)CCNc1ccncc1C. The van der Waals surface area contributed by atoms with Gasteiger partial charge in [0.25, 0.3) is 0 Å². The Kier molecular flexibility index (Phi) is 3.91. The van der Waals surface area contributed by atoms with Crippen LogP contribution in [0.3, 0.4) is 0 Å². The summed E-state index contributed by atoms with van der Waals surface area (Å²) in [6, 6.07) is 1.90. The average Bonchev–Trinajstić information content (AvgIpc) is 2.20. The molecule has 0 fully saturated rings. The van der Waals surface area contributed by atoms with Crippen LogP contribution in [-0.4, -0.2) is 24.5 Å². The number of hydrogen-bond acceptors (Lipinski definition) is 3. The van der Waals surface area contributed by atoms with Crippen molar-refractivity contribution in [2.45, 2.75) is 13.3 Å². The van der Waals surface area contributed by atoms with Gasteiger partial charge in [-0.05, 0) is 18.6 Å². The predicted molar refractivity (Wildman–Crippen MR) is 56.1 cm³/mol. The number of carbonyl (C=O) groups is 1. The minimum absolute atomic E-state index is 0.0456. The third-order valence-corrected chi connectivity index (χ3v) is 1.97. The zero-order valence-corrected chi connectivity index (χ0v) is 8.50. The molecule has 0 saturated heterocycles. The van der Waals surface area contributed by atoms with Crippen LogP contribution in [0.25, 0.3) is 0 Å². The zero-order valence-electron chi connectivity index (χ0n) is 8.50. The molecule has 4 nitrogen and oxygen atoms in total. The fraction of sp³-hybridized carbons (Fsp3) is 0.400. The monoisotopic (exact) mass is 193 g/mol. The molecular weight excluding hydrogens is 178 g/mol. The molecule has 1 rings (SSSR count). The number of aromatic nitrogens is 1. The first-order chi connectivity index (χ1) is 6.74. The van der Waals surface area contributed by atoms with Crippen LogP contribution in [-0.2, 0) is 4.79 Å². The second-order valence-electron chi connectivity index (χ2n) is 3.04. The molecule has 4 heteroatoms. The van der Waals surface area contributed by atoms with Crippen LogP contribution in [0.5, 0.6) is 0 Å². The van der Waals surface area contributed by atoms with E-state index in [1.807, 2.05) is 13.0 Å². The first-order valence-corrected chi connectivity index (χ1v) is 4.59. The smallest absolute Gasteiger partial charge is 0.221 e. The average molecular weight is 193 g/mol. The van der Waals surface area contributed by atoms with Crippen molar-refractivity contribution < 1.29 is 4.79 Å². The molecule has 0 aromatic carbocycles. The van der Waals surface area contributed by atoms with Gasteiger partial charge in [-0.25, -0.2) is 0 Å². The molecule has 1 aromatic rings. The molecule has 0 bridgehead atoms. The Bertz CT molecular complexity index is 312. The van der Waals surface area contributed by atoms with Gasteiger partial charge < -0.3 is 10.6 Å². The summed E-state index contributed by atoms with van der Waals surface area (Å²) in [5.41, 5.74) is 2.12. The summed E-state index contributed by atoms with van der Waals surface area (Å²) < 4.78 is 0. The van der Waals surface area contributed by atoms with E-state index in [4.69, 9.17) is 0 Å². The van der Waals surface area contributed by atoms with E-state index in [-0.39, 0.29) is 5.91 Å². The van der Waals surface area contributed by atoms with Gasteiger partial charge in [0.2, 0.25) is 5.91 Å². The van der Waals surface area contributed by atoms with Crippen molar-refractivity contribution >= 4 is 11.6 Å². The van der Waals surface area contributed by atoms with Crippen molar-refractivity contribution in [1.82, 2.24) is 10.3 Å². The van der Waals surface area contributed by atoms with Gasteiger partial charge in [-0.3, -0.25) is 9.78 Å². The van der Waals surface area contributed by atoms with Crippen LogP contribution in [0.15, 0.2) is 18.5 Å². The maximum Gasteiger partial charge on any atom is 0.221 e. The molecule has 0 unspecified atom stereocenters. The van der Waals surface area contributed by atoms with Crippen LogP contribution in [0, 0.1) is 6.92 Å². The van der Waals surface area contributed by atoms with Gasteiger partial charge in [0.1, 0.15) is 0 Å². The van der Waals surface area contributed by atoms with E-state index in [0.717, 1.165) is 11.3 Å². The largest absolute Gasteiger partial charge is 0.384 e. The van der Waals surface area contributed by atoms with E-state index in [0.29, 0.717) is 13.0 Å². The first-order valence-electron chi connectivity index (χ1n) is 4.59. The van der Waals surface area contributed by atoms with Crippen LogP contribution in [0.1, 0.15) is 12.0 Å². The summed E-state index contributed by atoms with van der Waals surface area (Å²) in [7, 11) is 1.64. The fourth-order valence-electron chi connectivity index (χ4n) is 1.11. The maximum atomic E-state index is 10.9. The molecule has 1 aromatic heterocycles. The van der Waals surface area contributed by atoms with Crippen molar-refractivity contribution in [3.63, 3.8) is 0 Å². The number of carbonyl (C=O) groups excluding carboxylic acids is 1. The molecule has 76 valence electrons. The van der Waals surface area contributed by atoms with E-state index >= 15 is 0 Å². The van der Waals surface area contributed by atoms with Crippen molar-refractivity contribution in [2.75, 3.05) is 18.9 Å². The molecule has 0 radical (unpaired) electrons. The Morgan fingerprint density at radius 2 is 2.36 bits per heavy atom. The van der Waals surface area contributed by atoms with Crippen molar-refractivity contribution in [2.24, 2.45) is 0 Å². The summed E-state index contributed by atoms with van der Waals surface area (Å²) in [4.78, 5) is 14.9. The number of hydrogen-bond donors (Lipinski definition) is 2. The number of amides is 1. The first kappa shape index (κ1) is 10.5. The van der Waals surface area contributed by atoms with Crippen LogP contribution in [0.2, 0.25) is 0 Å².